The van der Waals surface area contributed by atoms with E-state index in [9.17, 15) is 4.79 Å². The predicted molar refractivity (Wildman–Crippen MR) is 41.6 cm³/mol. The summed E-state index contributed by atoms with van der Waals surface area (Å²) in [4.78, 5) is 10.0. The summed E-state index contributed by atoms with van der Waals surface area (Å²) in [6, 6.07) is -0.266. The van der Waals surface area contributed by atoms with Gasteiger partial charge in [-0.15, -0.1) is 0 Å². The number of unbranched alkanes of at least 4 members (excludes halogenated alkanes) is 2. The molecule has 0 aromatic carbocycles. The van der Waals surface area contributed by atoms with Crippen LogP contribution in [0.3, 0.4) is 0 Å². The minimum absolute atomic E-state index is 0.266. The van der Waals surface area contributed by atoms with Crippen molar-refractivity contribution < 1.29 is 4.79 Å². The lowest BCUT2D eigenvalue weighted by atomic mass is 10.1. The third-order valence-corrected chi connectivity index (χ3v) is 1.42. The quantitative estimate of drug-likeness (QED) is 0.408. The van der Waals surface area contributed by atoms with Gasteiger partial charge in [0.15, 0.2) is 0 Å². The molecule has 0 aliphatic carbocycles. The highest BCUT2D eigenvalue weighted by molar-refractivity contribution is 5.56. The second-order valence-corrected chi connectivity index (χ2v) is 2.44. The van der Waals surface area contributed by atoms with Crippen LogP contribution in [0.4, 0.5) is 0 Å². The lowest BCUT2D eigenvalue weighted by Gasteiger charge is -2.01. The normalized spacial score (nSPS) is 13.0. The van der Waals surface area contributed by atoms with Crippen molar-refractivity contribution in [1.29, 1.82) is 0 Å². The number of aldehydes is 1. The molecule has 0 spiro atoms. The van der Waals surface area contributed by atoms with E-state index >= 15 is 0 Å². The van der Waals surface area contributed by atoms with Crippen LogP contribution in [-0.2, 0) is 4.79 Å². The highest BCUT2D eigenvalue weighted by Gasteiger charge is 1.97. The summed E-state index contributed by atoms with van der Waals surface area (Å²) in [5.41, 5.74) is 10.6. The number of hydrogen-bond donors (Lipinski definition) is 2. The Morgan fingerprint density at radius 1 is 1.30 bits per heavy atom. The summed E-state index contributed by atoms with van der Waals surface area (Å²) in [6.45, 7) is 0.732. The third kappa shape index (κ3) is 5.72. The highest BCUT2D eigenvalue weighted by atomic mass is 16.1. The number of hydrogen-bond acceptors (Lipinski definition) is 3. The smallest absolute Gasteiger partial charge is 0.136 e. The number of carbonyl (C=O) groups is 1. The molecule has 0 fully saturated rings. The summed E-state index contributed by atoms with van der Waals surface area (Å²) in [5, 5.41) is 0. The van der Waals surface area contributed by atoms with Crippen molar-refractivity contribution in [3.8, 4) is 0 Å². The zero-order valence-electron chi connectivity index (χ0n) is 6.25. The molecule has 1 atom stereocenters. The molecule has 0 bridgehead atoms. The van der Waals surface area contributed by atoms with E-state index in [1.54, 1.807) is 0 Å². The third-order valence-electron chi connectivity index (χ3n) is 1.42. The Bertz CT molecular complexity index is 85.7. The second-order valence-electron chi connectivity index (χ2n) is 2.44. The van der Waals surface area contributed by atoms with Gasteiger partial charge < -0.3 is 16.3 Å². The van der Waals surface area contributed by atoms with Gasteiger partial charge in [-0.25, -0.2) is 0 Å². The molecule has 0 radical (unpaired) electrons. The molecule has 0 rings (SSSR count). The fourth-order valence-electron chi connectivity index (χ4n) is 0.769. The summed E-state index contributed by atoms with van der Waals surface area (Å²) < 4.78 is 0. The van der Waals surface area contributed by atoms with Gasteiger partial charge in [-0.3, -0.25) is 0 Å². The monoisotopic (exact) mass is 144 g/mol. The molecule has 0 aliphatic rings. The number of rotatable bonds is 6. The first-order valence-electron chi connectivity index (χ1n) is 3.72. The molecule has 0 saturated heterocycles. The zero-order chi connectivity index (χ0) is 7.82. The molecular weight excluding hydrogens is 128 g/mol. The molecule has 3 nitrogen and oxygen atoms in total. The first-order chi connectivity index (χ1) is 4.81. The van der Waals surface area contributed by atoms with Crippen LogP contribution in [0.5, 0.6) is 0 Å². The van der Waals surface area contributed by atoms with Gasteiger partial charge in [-0.1, -0.05) is 12.8 Å². The first kappa shape index (κ1) is 9.59. The fourth-order valence-corrected chi connectivity index (χ4v) is 0.769. The molecule has 0 heterocycles. The molecule has 0 aromatic heterocycles. The molecule has 1 unspecified atom stereocenters. The highest BCUT2D eigenvalue weighted by Crippen LogP contribution is 1.99. The van der Waals surface area contributed by atoms with Crippen molar-refractivity contribution in [3.05, 3.63) is 0 Å². The molecule has 10 heavy (non-hydrogen) atoms. The summed E-state index contributed by atoms with van der Waals surface area (Å²) in [6.07, 6.45) is 4.71. The van der Waals surface area contributed by atoms with Crippen molar-refractivity contribution in [2.24, 2.45) is 11.5 Å². The maximum Gasteiger partial charge on any atom is 0.136 e. The standard InChI is InChI=1S/C7H16N2O/c8-5-3-1-2-4-7(9)6-10/h6-7H,1-5,8-9H2. The summed E-state index contributed by atoms with van der Waals surface area (Å²) in [7, 11) is 0. The topological polar surface area (TPSA) is 69.1 Å². The maximum atomic E-state index is 10.0. The van der Waals surface area contributed by atoms with Crippen molar-refractivity contribution in [3.63, 3.8) is 0 Å². The SMILES string of the molecule is NCCCCCC(N)C=O. The molecule has 0 aliphatic heterocycles. The largest absolute Gasteiger partial charge is 0.330 e. The molecule has 3 heteroatoms. The van der Waals surface area contributed by atoms with Crippen LogP contribution in [0.2, 0.25) is 0 Å². The van der Waals surface area contributed by atoms with E-state index in [4.69, 9.17) is 11.5 Å². The fraction of sp³-hybridized carbons (Fsp3) is 0.857. The predicted octanol–water partition coefficient (Wildman–Crippen LogP) is 0.0317. The van der Waals surface area contributed by atoms with Crippen molar-refractivity contribution in [1.82, 2.24) is 0 Å². The Hall–Kier alpha value is -0.410. The number of carbonyl (C=O) groups excluding carboxylic acids is 1. The lowest BCUT2D eigenvalue weighted by Crippen LogP contribution is -2.20. The summed E-state index contributed by atoms with van der Waals surface area (Å²) in [5.74, 6) is 0. The van der Waals surface area contributed by atoms with E-state index in [1.165, 1.54) is 0 Å². The van der Waals surface area contributed by atoms with Crippen LogP contribution in [0.15, 0.2) is 0 Å². The van der Waals surface area contributed by atoms with E-state index in [-0.39, 0.29) is 6.04 Å². The Balaban J connectivity index is 2.95. The van der Waals surface area contributed by atoms with Crippen LogP contribution in [0.25, 0.3) is 0 Å². The van der Waals surface area contributed by atoms with E-state index in [2.05, 4.69) is 0 Å². The van der Waals surface area contributed by atoms with Crippen molar-refractivity contribution in [2.45, 2.75) is 31.7 Å². The van der Waals surface area contributed by atoms with Gasteiger partial charge in [0.2, 0.25) is 0 Å². The van der Waals surface area contributed by atoms with Gasteiger partial charge in [0.1, 0.15) is 6.29 Å². The van der Waals surface area contributed by atoms with E-state index in [1.807, 2.05) is 0 Å². The molecular formula is C7H16N2O. The second kappa shape index (κ2) is 6.71. The minimum atomic E-state index is -0.266. The molecule has 60 valence electrons. The molecule has 4 N–H and O–H groups in total. The van der Waals surface area contributed by atoms with Crippen LogP contribution < -0.4 is 11.5 Å². The Morgan fingerprint density at radius 3 is 2.50 bits per heavy atom. The molecule has 0 aromatic rings. The molecule has 0 saturated carbocycles. The average molecular weight is 144 g/mol. The first-order valence-corrected chi connectivity index (χ1v) is 3.72. The minimum Gasteiger partial charge on any atom is -0.330 e. The Labute approximate surface area is 61.8 Å². The molecule has 0 amide bonds. The van der Waals surface area contributed by atoms with Crippen LogP contribution in [-0.4, -0.2) is 18.9 Å². The average Bonchev–Trinajstić information content (AvgIpc) is 1.98. The lowest BCUT2D eigenvalue weighted by molar-refractivity contribution is -0.109. The van der Waals surface area contributed by atoms with Crippen molar-refractivity contribution in [2.75, 3.05) is 6.54 Å². The van der Waals surface area contributed by atoms with Gasteiger partial charge in [0.05, 0.1) is 6.04 Å². The van der Waals surface area contributed by atoms with Crippen molar-refractivity contribution >= 4 is 6.29 Å². The Kier molecular flexibility index (Phi) is 6.43. The van der Waals surface area contributed by atoms with E-state index in [0.29, 0.717) is 0 Å². The van der Waals surface area contributed by atoms with Gasteiger partial charge in [-0.2, -0.15) is 0 Å². The Morgan fingerprint density at radius 2 is 2.00 bits per heavy atom. The van der Waals surface area contributed by atoms with Crippen LogP contribution in [0.1, 0.15) is 25.7 Å². The van der Waals surface area contributed by atoms with Crippen LogP contribution in [0, 0.1) is 0 Å². The number of nitrogens with two attached hydrogens (primary N) is 2. The van der Waals surface area contributed by atoms with Gasteiger partial charge >= 0.3 is 0 Å². The van der Waals surface area contributed by atoms with E-state index < -0.39 is 0 Å². The van der Waals surface area contributed by atoms with Gasteiger partial charge in [0, 0.05) is 0 Å². The van der Waals surface area contributed by atoms with Gasteiger partial charge in [0.25, 0.3) is 0 Å². The maximum absolute atomic E-state index is 10.0. The summed E-state index contributed by atoms with van der Waals surface area (Å²) >= 11 is 0. The zero-order valence-corrected chi connectivity index (χ0v) is 6.25. The van der Waals surface area contributed by atoms with Crippen LogP contribution >= 0.6 is 0 Å². The van der Waals surface area contributed by atoms with Gasteiger partial charge in [-0.05, 0) is 19.4 Å². The van der Waals surface area contributed by atoms with E-state index in [0.717, 1.165) is 38.5 Å².